The fourth-order valence-electron chi connectivity index (χ4n) is 2.14. The summed E-state index contributed by atoms with van der Waals surface area (Å²) >= 11 is 4.73. The minimum absolute atomic E-state index is 0.405. The Labute approximate surface area is 180 Å². The molecule has 0 aliphatic rings. The lowest BCUT2D eigenvalue weighted by atomic mass is 10.2. The highest BCUT2D eigenvalue weighted by Crippen LogP contribution is 2.39. The lowest BCUT2D eigenvalue weighted by molar-refractivity contribution is -0.137. The number of carbonyl (C=O) groups is 1. The van der Waals surface area contributed by atoms with Gasteiger partial charge in [-0.2, -0.15) is 13.2 Å². The minimum atomic E-state index is -4.39. The molecule has 2 aromatic rings. The molecule has 11 heteroatoms. The molecule has 2 rings (SSSR count). The molecule has 0 heterocycles. The first-order chi connectivity index (χ1) is 13.5. The number of hydrazine groups is 2. The number of anilines is 1. The van der Waals surface area contributed by atoms with Crippen LogP contribution >= 0.6 is 27.7 Å². The molecule has 4 N–H and O–H groups in total. The molecule has 0 fully saturated rings. The number of halogens is 4. The molecule has 0 atom stereocenters. The highest BCUT2D eigenvalue weighted by atomic mass is 79.9. The van der Waals surface area contributed by atoms with Gasteiger partial charge in [0.1, 0.15) is 5.75 Å². The molecular weight excluding hydrogens is 473 g/mol. The van der Waals surface area contributed by atoms with E-state index in [2.05, 4.69) is 15.9 Å². The summed E-state index contributed by atoms with van der Waals surface area (Å²) in [6.07, 6.45) is -3.86. The second-order valence-corrected chi connectivity index (χ2v) is 7.64. The number of amides is 1. The normalized spacial score (nSPS) is 10.7. The zero-order valence-corrected chi connectivity index (χ0v) is 18.4. The quantitative estimate of drug-likeness (QED) is 0.207. The number of methoxy groups -OCH3 is 1. The molecule has 0 unspecified atom stereocenters. The Balaban J connectivity index is 0.000000749. The van der Waals surface area contributed by atoms with E-state index >= 15 is 0 Å². The average Bonchev–Trinajstić information content (AvgIpc) is 2.66. The number of thioether (sulfide) groups is 1. The molecular formula is C18H22BrF3N4O2S. The SMILES string of the molecule is CN(N)C=O.COc1ccc(C(F)(F)F)cc1SCc1c(Br)cccc1N(C)N. The molecule has 0 aromatic heterocycles. The lowest BCUT2D eigenvalue weighted by Crippen LogP contribution is -2.26. The summed E-state index contributed by atoms with van der Waals surface area (Å²) in [7, 11) is 4.61. The van der Waals surface area contributed by atoms with Crippen LogP contribution in [0.3, 0.4) is 0 Å². The highest BCUT2D eigenvalue weighted by Gasteiger charge is 2.31. The summed E-state index contributed by atoms with van der Waals surface area (Å²) in [5.74, 6) is 11.4. The smallest absolute Gasteiger partial charge is 0.416 e. The number of hydrogen-bond acceptors (Lipinski definition) is 6. The third-order valence-corrected chi connectivity index (χ3v) is 5.31. The molecule has 160 valence electrons. The van der Waals surface area contributed by atoms with Gasteiger partial charge in [-0.15, -0.1) is 11.8 Å². The van der Waals surface area contributed by atoms with Crippen molar-refractivity contribution in [3.63, 3.8) is 0 Å². The zero-order valence-electron chi connectivity index (χ0n) is 16.0. The first-order valence-electron chi connectivity index (χ1n) is 8.08. The number of benzene rings is 2. The summed E-state index contributed by atoms with van der Waals surface area (Å²) in [4.78, 5) is 9.73. The Hall–Kier alpha value is -1.95. The molecule has 29 heavy (non-hydrogen) atoms. The van der Waals surface area contributed by atoms with Crippen molar-refractivity contribution in [3.05, 3.63) is 52.0 Å². The van der Waals surface area contributed by atoms with Gasteiger partial charge in [0, 0.05) is 29.9 Å². The van der Waals surface area contributed by atoms with Crippen molar-refractivity contribution < 1.29 is 22.7 Å². The Kier molecular flexibility index (Phi) is 9.77. The van der Waals surface area contributed by atoms with E-state index in [0.29, 0.717) is 22.8 Å². The highest BCUT2D eigenvalue weighted by molar-refractivity contribution is 9.10. The summed E-state index contributed by atoms with van der Waals surface area (Å²) in [5.41, 5.74) is 0.990. The fourth-order valence-corrected chi connectivity index (χ4v) is 3.93. The van der Waals surface area contributed by atoms with E-state index < -0.39 is 11.7 Å². The average molecular weight is 495 g/mol. The Morgan fingerprint density at radius 3 is 2.31 bits per heavy atom. The maximum absolute atomic E-state index is 12.9. The summed E-state index contributed by atoms with van der Waals surface area (Å²) < 4.78 is 44.8. The Bertz CT molecular complexity index is 820. The number of nitrogens with zero attached hydrogens (tertiary/aromatic N) is 2. The molecule has 0 aliphatic heterocycles. The summed E-state index contributed by atoms with van der Waals surface area (Å²) in [6, 6.07) is 9.02. The summed E-state index contributed by atoms with van der Waals surface area (Å²) in [5, 5.41) is 2.42. The van der Waals surface area contributed by atoms with Gasteiger partial charge in [0.15, 0.2) is 0 Å². The molecule has 0 spiro atoms. The van der Waals surface area contributed by atoms with Gasteiger partial charge in [-0.3, -0.25) is 9.80 Å². The van der Waals surface area contributed by atoms with Crippen LogP contribution in [0.25, 0.3) is 0 Å². The van der Waals surface area contributed by atoms with Crippen LogP contribution < -0.4 is 21.4 Å². The Morgan fingerprint density at radius 2 is 1.83 bits per heavy atom. The molecule has 0 saturated carbocycles. The van der Waals surface area contributed by atoms with Gasteiger partial charge >= 0.3 is 6.18 Å². The van der Waals surface area contributed by atoms with Crippen LogP contribution in [0.5, 0.6) is 5.75 Å². The van der Waals surface area contributed by atoms with E-state index in [4.69, 9.17) is 16.4 Å². The first kappa shape index (κ1) is 25.1. The van der Waals surface area contributed by atoms with E-state index in [9.17, 15) is 18.0 Å². The van der Waals surface area contributed by atoms with Gasteiger partial charge < -0.3 is 9.75 Å². The van der Waals surface area contributed by atoms with Gasteiger partial charge in [0.25, 0.3) is 0 Å². The van der Waals surface area contributed by atoms with Crippen molar-refractivity contribution in [2.75, 3.05) is 26.2 Å². The van der Waals surface area contributed by atoms with Gasteiger partial charge in [0.05, 0.1) is 23.3 Å². The molecule has 0 bridgehead atoms. The number of carbonyl (C=O) groups excluding carboxylic acids is 1. The predicted molar refractivity (Wildman–Crippen MR) is 112 cm³/mol. The number of ether oxygens (including phenoxy) is 1. The van der Waals surface area contributed by atoms with Gasteiger partial charge in [0.2, 0.25) is 6.41 Å². The van der Waals surface area contributed by atoms with Crippen LogP contribution in [0.4, 0.5) is 18.9 Å². The largest absolute Gasteiger partial charge is 0.496 e. The van der Waals surface area contributed by atoms with E-state index in [-0.39, 0.29) is 0 Å². The lowest BCUT2D eigenvalue weighted by Gasteiger charge is -2.19. The zero-order chi connectivity index (χ0) is 22.2. The second kappa shape index (κ2) is 11.3. The second-order valence-electron chi connectivity index (χ2n) is 5.77. The van der Waals surface area contributed by atoms with E-state index in [1.165, 1.54) is 37.0 Å². The van der Waals surface area contributed by atoms with Crippen LogP contribution in [0.2, 0.25) is 0 Å². The third kappa shape index (κ3) is 7.77. The van der Waals surface area contributed by atoms with E-state index in [1.54, 1.807) is 7.05 Å². The molecule has 0 radical (unpaired) electrons. The van der Waals surface area contributed by atoms with Crippen molar-refractivity contribution in [3.8, 4) is 5.75 Å². The molecule has 0 aliphatic carbocycles. The number of hydrogen-bond donors (Lipinski definition) is 2. The third-order valence-electron chi connectivity index (χ3n) is 3.50. The van der Waals surface area contributed by atoms with Crippen molar-refractivity contribution >= 4 is 39.8 Å². The molecule has 0 saturated heterocycles. The van der Waals surface area contributed by atoms with Crippen molar-refractivity contribution in [2.45, 2.75) is 16.8 Å². The molecule has 6 nitrogen and oxygen atoms in total. The maximum atomic E-state index is 12.9. The van der Waals surface area contributed by atoms with Crippen molar-refractivity contribution in [1.82, 2.24) is 5.01 Å². The number of alkyl halides is 3. The van der Waals surface area contributed by atoms with Crippen LogP contribution in [0.15, 0.2) is 45.8 Å². The van der Waals surface area contributed by atoms with Gasteiger partial charge in [-0.05, 0) is 30.3 Å². The molecule has 1 amide bonds. The van der Waals surface area contributed by atoms with Crippen LogP contribution in [0.1, 0.15) is 11.1 Å². The van der Waals surface area contributed by atoms with Crippen LogP contribution in [0, 0.1) is 0 Å². The van der Waals surface area contributed by atoms with E-state index in [1.807, 2.05) is 18.2 Å². The number of rotatable bonds is 6. The Morgan fingerprint density at radius 1 is 1.21 bits per heavy atom. The standard InChI is InChI=1S/C16H16BrF3N2OS.C2H6N2O/c1-22(21)13-5-3-4-12(17)11(13)9-24-15-8-10(16(18,19)20)6-7-14(15)23-2;1-4(3)2-5/h3-8H,9,21H2,1-2H3;2H,3H2,1H3. The monoisotopic (exact) mass is 494 g/mol. The minimum Gasteiger partial charge on any atom is -0.496 e. The summed E-state index contributed by atoms with van der Waals surface area (Å²) in [6.45, 7) is 0. The van der Waals surface area contributed by atoms with Gasteiger partial charge in [-0.25, -0.2) is 11.7 Å². The van der Waals surface area contributed by atoms with Crippen molar-refractivity contribution in [1.29, 1.82) is 0 Å². The van der Waals surface area contributed by atoms with Crippen LogP contribution in [-0.4, -0.2) is 32.6 Å². The van der Waals surface area contributed by atoms with Crippen molar-refractivity contribution in [2.24, 2.45) is 11.7 Å². The molecule has 2 aromatic carbocycles. The van der Waals surface area contributed by atoms with E-state index in [0.717, 1.165) is 32.9 Å². The maximum Gasteiger partial charge on any atom is 0.416 e. The number of nitrogens with two attached hydrogens (primary N) is 2. The first-order valence-corrected chi connectivity index (χ1v) is 9.85. The van der Waals surface area contributed by atoms with Crippen LogP contribution in [-0.2, 0) is 16.7 Å². The fraction of sp³-hybridized carbons (Fsp3) is 0.278. The predicted octanol–water partition coefficient (Wildman–Crippen LogP) is 4.03. The topological polar surface area (TPSA) is 84.8 Å². The van der Waals surface area contributed by atoms with Gasteiger partial charge in [-0.1, -0.05) is 22.0 Å².